The van der Waals surface area contributed by atoms with E-state index in [4.69, 9.17) is 14.2 Å². The molecule has 0 unspecified atom stereocenters. The topological polar surface area (TPSA) is 72.9 Å². The van der Waals surface area contributed by atoms with Gasteiger partial charge in [0.25, 0.3) is 0 Å². The van der Waals surface area contributed by atoms with Gasteiger partial charge in [0.1, 0.15) is 0 Å². The highest BCUT2D eigenvalue weighted by Gasteiger charge is 2.19. The molecule has 0 aliphatic carbocycles. The van der Waals surface area contributed by atoms with Gasteiger partial charge in [0.2, 0.25) is 0 Å². The number of fused-ring (bicyclic) bond motifs is 1. The van der Waals surface area contributed by atoms with E-state index in [1.54, 1.807) is 39.4 Å². The van der Waals surface area contributed by atoms with E-state index in [-0.39, 0.29) is 5.70 Å². The molecule has 162 valence electrons. The molecule has 0 amide bonds. The Labute approximate surface area is 190 Å². The fourth-order valence-electron chi connectivity index (χ4n) is 3.27. The van der Waals surface area contributed by atoms with Gasteiger partial charge in [-0.3, -0.25) is 0 Å². The predicted octanol–water partition coefficient (Wildman–Crippen LogP) is 5.90. The number of hydrogen-bond donors (Lipinski definition) is 1. The first-order valence-electron chi connectivity index (χ1n) is 9.92. The van der Waals surface area contributed by atoms with Crippen molar-refractivity contribution >= 4 is 44.8 Å². The fourth-order valence-corrected chi connectivity index (χ4v) is 3.75. The summed E-state index contributed by atoms with van der Waals surface area (Å²) < 4.78 is 16.3. The normalized spacial score (nSPS) is 14.2. The summed E-state index contributed by atoms with van der Waals surface area (Å²) in [6, 6.07) is 11.7. The first kappa shape index (κ1) is 22.6. The number of carbonyl (C=O) groups excluding carboxylic acids is 1. The fraction of sp³-hybridized carbons (Fsp3) is 0.250. The molecule has 0 saturated carbocycles. The number of methoxy groups -OCH3 is 2. The van der Waals surface area contributed by atoms with Crippen LogP contribution in [0.2, 0.25) is 0 Å². The molecule has 6 nitrogen and oxygen atoms in total. The molecule has 1 aliphatic heterocycles. The van der Waals surface area contributed by atoms with Crippen LogP contribution in [0.4, 0.5) is 0 Å². The van der Waals surface area contributed by atoms with Gasteiger partial charge in [0.15, 0.2) is 23.1 Å². The molecule has 2 aromatic carbocycles. The van der Waals surface area contributed by atoms with Crippen LogP contribution in [0.1, 0.15) is 31.4 Å². The number of rotatable bonds is 5. The van der Waals surface area contributed by atoms with Gasteiger partial charge in [-0.25, -0.2) is 9.79 Å². The number of para-hydroxylation sites is 1. The number of H-pyrrole nitrogens is 1. The number of cyclic esters (lactones) is 1. The first-order valence-corrected chi connectivity index (χ1v) is 10.7. The van der Waals surface area contributed by atoms with E-state index in [9.17, 15) is 4.79 Å². The Bertz CT molecular complexity index is 1150. The van der Waals surface area contributed by atoms with Crippen molar-refractivity contribution in [3.63, 3.8) is 0 Å². The van der Waals surface area contributed by atoms with E-state index >= 15 is 0 Å². The molecule has 0 bridgehead atoms. The van der Waals surface area contributed by atoms with Crippen molar-refractivity contribution in [1.82, 2.24) is 4.98 Å². The molecule has 3 aromatic rings. The second kappa shape index (κ2) is 10.3. The van der Waals surface area contributed by atoms with Crippen LogP contribution in [0.25, 0.3) is 17.0 Å². The summed E-state index contributed by atoms with van der Waals surface area (Å²) in [6.07, 6.45) is 6.09. The lowest BCUT2D eigenvalue weighted by molar-refractivity contribution is -0.130. The highest BCUT2D eigenvalue weighted by molar-refractivity contribution is 9.10. The maximum Gasteiger partial charge on any atom is 0.363 e. The molecule has 0 fully saturated rings. The van der Waals surface area contributed by atoms with Crippen molar-refractivity contribution in [2.75, 3.05) is 14.2 Å². The molecule has 1 N–H and O–H groups in total. The van der Waals surface area contributed by atoms with Crippen LogP contribution in [0.15, 0.2) is 57.8 Å². The largest absolute Gasteiger partial charge is 0.493 e. The van der Waals surface area contributed by atoms with Crippen LogP contribution in [-0.4, -0.2) is 31.1 Å². The molecule has 31 heavy (non-hydrogen) atoms. The second-order valence-electron chi connectivity index (χ2n) is 6.89. The molecule has 7 heteroatoms. The molecule has 1 aliphatic rings. The number of aryl methyl sites for hydroxylation is 1. The van der Waals surface area contributed by atoms with Crippen LogP contribution in [-0.2, 0) is 16.0 Å². The quantitative estimate of drug-likeness (QED) is 0.361. The number of aromatic nitrogens is 1. The van der Waals surface area contributed by atoms with Crippen LogP contribution < -0.4 is 9.47 Å². The van der Waals surface area contributed by atoms with E-state index in [0.29, 0.717) is 17.4 Å². The van der Waals surface area contributed by atoms with Crippen LogP contribution in [0.5, 0.6) is 11.5 Å². The van der Waals surface area contributed by atoms with Gasteiger partial charge in [-0.05, 0) is 57.8 Å². The van der Waals surface area contributed by atoms with Crippen LogP contribution >= 0.6 is 15.9 Å². The van der Waals surface area contributed by atoms with Crippen LogP contribution in [0.3, 0.4) is 0 Å². The lowest BCUT2D eigenvalue weighted by atomic mass is 10.1. The van der Waals surface area contributed by atoms with Crippen molar-refractivity contribution in [2.24, 2.45) is 4.99 Å². The number of aromatic amines is 1. The summed E-state index contributed by atoms with van der Waals surface area (Å²) in [4.78, 5) is 18.7. The lowest BCUT2D eigenvalue weighted by Gasteiger charge is -2.07. The van der Waals surface area contributed by atoms with Crippen molar-refractivity contribution in [3.05, 3.63) is 63.9 Å². The van der Waals surface area contributed by atoms with Crippen molar-refractivity contribution in [1.29, 1.82) is 0 Å². The van der Waals surface area contributed by atoms with Crippen molar-refractivity contribution in [2.45, 2.75) is 26.7 Å². The second-order valence-corrected chi connectivity index (χ2v) is 7.74. The number of aliphatic imine (C=N–C) groups is 1. The zero-order chi connectivity index (χ0) is 22.4. The summed E-state index contributed by atoms with van der Waals surface area (Å²) in [5, 5.41) is 1.34. The van der Waals surface area contributed by atoms with Gasteiger partial charge in [-0.1, -0.05) is 31.5 Å². The number of halogens is 1. The molecule has 0 radical (unpaired) electrons. The number of ether oxygens (including phenoxy) is 3. The monoisotopic (exact) mass is 484 g/mol. The molecule has 0 spiro atoms. The Kier molecular flexibility index (Phi) is 7.52. The zero-order valence-corrected chi connectivity index (χ0v) is 19.6. The Morgan fingerprint density at radius 1 is 1.16 bits per heavy atom. The molecule has 4 rings (SSSR count). The predicted molar refractivity (Wildman–Crippen MR) is 127 cm³/mol. The zero-order valence-electron chi connectivity index (χ0n) is 18.0. The van der Waals surface area contributed by atoms with E-state index < -0.39 is 5.97 Å². The maximum absolute atomic E-state index is 11.4. The smallest absolute Gasteiger partial charge is 0.363 e. The van der Waals surface area contributed by atoms with E-state index in [1.165, 1.54) is 22.9 Å². The number of hydrogen-bond acceptors (Lipinski definition) is 5. The third-order valence-electron chi connectivity index (χ3n) is 4.71. The molecule has 2 heterocycles. The molecule has 0 saturated heterocycles. The SMILES string of the molecule is CCCc1c[nH]c2c(Br)cccc12.COc1ccc(/C=C2\N=C(C)OC2=O)cc1OC. The minimum atomic E-state index is -0.442. The summed E-state index contributed by atoms with van der Waals surface area (Å²) >= 11 is 3.53. The van der Waals surface area contributed by atoms with E-state index in [0.717, 1.165) is 16.5 Å². The number of nitrogens with zero attached hydrogens (tertiary/aromatic N) is 1. The van der Waals surface area contributed by atoms with Gasteiger partial charge in [-0.15, -0.1) is 0 Å². The summed E-state index contributed by atoms with van der Waals surface area (Å²) in [5.41, 5.74) is 3.70. The first-order chi connectivity index (χ1) is 15.0. The van der Waals surface area contributed by atoms with Gasteiger partial charge < -0.3 is 19.2 Å². The average Bonchev–Trinajstić information content (AvgIpc) is 3.32. The number of benzene rings is 2. The minimum Gasteiger partial charge on any atom is -0.493 e. The Hall–Kier alpha value is -3.06. The number of carbonyl (C=O) groups is 1. The maximum atomic E-state index is 11.4. The highest BCUT2D eigenvalue weighted by Crippen LogP contribution is 2.29. The third kappa shape index (κ3) is 5.35. The molecular weight excluding hydrogens is 460 g/mol. The molecular formula is C24H25BrN2O4. The van der Waals surface area contributed by atoms with E-state index in [1.807, 2.05) is 6.07 Å². The van der Waals surface area contributed by atoms with Gasteiger partial charge in [-0.2, -0.15) is 0 Å². The summed E-state index contributed by atoms with van der Waals surface area (Å²) in [5.74, 6) is 1.14. The lowest BCUT2D eigenvalue weighted by Crippen LogP contribution is -1.99. The Balaban J connectivity index is 0.000000185. The highest BCUT2D eigenvalue weighted by atomic mass is 79.9. The van der Waals surface area contributed by atoms with Crippen molar-refractivity contribution in [3.8, 4) is 11.5 Å². The molecule has 0 atom stereocenters. The molecule has 1 aromatic heterocycles. The number of nitrogens with one attached hydrogen (secondary N) is 1. The van der Waals surface area contributed by atoms with Gasteiger partial charge >= 0.3 is 5.97 Å². The van der Waals surface area contributed by atoms with E-state index in [2.05, 4.69) is 57.2 Å². The summed E-state index contributed by atoms with van der Waals surface area (Å²) in [6.45, 7) is 3.84. The van der Waals surface area contributed by atoms with Crippen LogP contribution in [0, 0.1) is 0 Å². The standard InChI is InChI=1S/C13H13NO4.C11H12BrN/c1-8-14-10(13(15)18-8)6-9-4-5-11(16-2)12(7-9)17-3;1-2-4-8-7-13-11-9(8)5-3-6-10(11)12/h4-7H,1-3H3;3,5-7,13H,2,4H2,1H3/b10-6-;. The van der Waals surface area contributed by atoms with Gasteiger partial charge in [0.05, 0.1) is 19.7 Å². The minimum absolute atomic E-state index is 0.278. The Morgan fingerprint density at radius 3 is 2.58 bits per heavy atom. The van der Waals surface area contributed by atoms with Gasteiger partial charge in [0, 0.05) is 23.0 Å². The Morgan fingerprint density at radius 2 is 1.94 bits per heavy atom. The number of esters is 1. The van der Waals surface area contributed by atoms with Crippen molar-refractivity contribution < 1.29 is 19.0 Å². The summed E-state index contributed by atoms with van der Waals surface area (Å²) in [7, 11) is 3.12. The average molecular weight is 485 g/mol. The third-order valence-corrected chi connectivity index (χ3v) is 5.37.